The fraction of sp³-hybridized carbons (Fsp3) is 0.464. The van der Waals surface area contributed by atoms with Crippen LogP contribution in [0.3, 0.4) is 0 Å². The van der Waals surface area contributed by atoms with Gasteiger partial charge in [-0.3, -0.25) is 19.3 Å². The Morgan fingerprint density at radius 1 is 1.11 bits per heavy atom. The predicted molar refractivity (Wildman–Crippen MR) is 132 cm³/mol. The van der Waals surface area contributed by atoms with E-state index in [1.165, 1.54) is 30.2 Å². The summed E-state index contributed by atoms with van der Waals surface area (Å²) in [4.78, 5) is 43.6. The number of carbonyl (C=O) groups excluding carboxylic acids is 3. The minimum Gasteiger partial charge on any atom is -0.496 e. The Bertz CT molecular complexity index is 1100. The van der Waals surface area contributed by atoms with E-state index in [1.54, 1.807) is 12.1 Å². The van der Waals surface area contributed by atoms with Crippen LogP contribution in [0.4, 0.5) is 0 Å². The van der Waals surface area contributed by atoms with Gasteiger partial charge in [-0.2, -0.15) is 0 Å². The number of ether oxygens (including phenoxy) is 2. The first-order valence-corrected chi connectivity index (χ1v) is 12.2. The summed E-state index contributed by atoms with van der Waals surface area (Å²) in [5.74, 6) is 0.00919. The van der Waals surface area contributed by atoms with Crippen molar-refractivity contribution in [1.82, 2.24) is 9.80 Å². The zero-order valence-electron chi connectivity index (χ0n) is 20.8. The maximum atomic E-state index is 13.8. The molecule has 2 aromatic rings. The van der Waals surface area contributed by atoms with Crippen LogP contribution in [0.5, 0.6) is 5.75 Å². The summed E-state index contributed by atoms with van der Waals surface area (Å²) in [6, 6.07) is 15.6. The number of hydrogen-bond donors (Lipinski definition) is 0. The standard InChI is InChI=1S/C28H34N2O5/c1-20-8-6-9-21(16-20)22-10-7-13-29(19-22)25(31)17-28(23-11-4-5-12-24(23)35-3)18-26(32)30(27(28)33)14-15-34-2/h4-6,8-9,11-12,16,22H,7,10,13-15,17-19H2,1-3H3/t22-,28-/m0/s1. The van der Waals surface area contributed by atoms with E-state index >= 15 is 0 Å². The molecule has 2 aliphatic heterocycles. The summed E-state index contributed by atoms with van der Waals surface area (Å²) < 4.78 is 10.7. The van der Waals surface area contributed by atoms with Crippen LogP contribution >= 0.6 is 0 Å². The van der Waals surface area contributed by atoms with Gasteiger partial charge in [-0.05, 0) is 31.4 Å². The minimum atomic E-state index is -1.29. The van der Waals surface area contributed by atoms with Gasteiger partial charge >= 0.3 is 0 Å². The number of amides is 3. The maximum Gasteiger partial charge on any atom is 0.241 e. The van der Waals surface area contributed by atoms with E-state index in [1.807, 2.05) is 17.0 Å². The van der Waals surface area contributed by atoms with Crippen LogP contribution in [0.2, 0.25) is 0 Å². The first kappa shape index (κ1) is 24.9. The number of carbonyl (C=O) groups is 3. The van der Waals surface area contributed by atoms with Crippen LogP contribution < -0.4 is 4.74 Å². The number of methoxy groups -OCH3 is 2. The van der Waals surface area contributed by atoms with Crippen LogP contribution in [0.25, 0.3) is 0 Å². The number of likely N-dealkylation sites (tertiary alicyclic amines) is 2. The molecule has 0 unspecified atom stereocenters. The lowest BCUT2D eigenvalue weighted by atomic mass is 9.75. The fourth-order valence-electron chi connectivity index (χ4n) is 5.46. The van der Waals surface area contributed by atoms with E-state index in [2.05, 4.69) is 31.2 Å². The highest BCUT2D eigenvalue weighted by molar-refractivity contribution is 6.11. The molecule has 0 saturated carbocycles. The van der Waals surface area contributed by atoms with Gasteiger partial charge in [0.05, 0.1) is 25.7 Å². The molecule has 186 valence electrons. The normalized spacial score (nSPS) is 22.5. The summed E-state index contributed by atoms with van der Waals surface area (Å²) in [5, 5.41) is 0. The van der Waals surface area contributed by atoms with Gasteiger partial charge in [0.2, 0.25) is 17.7 Å². The number of nitrogens with zero attached hydrogens (tertiary/aromatic N) is 2. The second-order valence-electron chi connectivity index (χ2n) is 9.57. The van der Waals surface area contributed by atoms with Crippen LogP contribution in [0.1, 0.15) is 48.3 Å². The van der Waals surface area contributed by atoms with Crippen molar-refractivity contribution in [3.8, 4) is 5.75 Å². The fourth-order valence-corrected chi connectivity index (χ4v) is 5.46. The van der Waals surface area contributed by atoms with Gasteiger partial charge in [0.25, 0.3) is 0 Å². The molecule has 0 bridgehead atoms. The molecule has 2 heterocycles. The Morgan fingerprint density at radius 3 is 2.66 bits per heavy atom. The third-order valence-electron chi connectivity index (χ3n) is 7.29. The van der Waals surface area contributed by atoms with Crippen LogP contribution in [-0.2, 0) is 24.5 Å². The van der Waals surface area contributed by atoms with Crippen LogP contribution in [0.15, 0.2) is 48.5 Å². The Labute approximate surface area is 207 Å². The number of hydrogen-bond acceptors (Lipinski definition) is 5. The molecule has 4 rings (SSSR count). The first-order chi connectivity index (χ1) is 16.9. The molecule has 0 N–H and O–H groups in total. The van der Waals surface area contributed by atoms with Crippen LogP contribution in [-0.4, -0.2) is 68.0 Å². The summed E-state index contributed by atoms with van der Waals surface area (Å²) >= 11 is 0. The number of benzene rings is 2. The minimum absolute atomic E-state index is 0.0587. The summed E-state index contributed by atoms with van der Waals surface area (Å²) in [6.07, 6.45) is 1.80. The average molecular weight is 479 g/mol. The van der Waals surface area contributed by atoms with E-state index in [0.717, 1.165) is 12.8 Å². The molecule has 2 saturated heterocycles. The number of para-hydroxylation sites is 1. The van der Waals surface area contributed by atoms with Crippen molar-refractivity contribution in [3.63, 3.8) is 0 Å². The second kappa shape index (κ2) is 10.6. The Morgan fingerprint density at radius 2 is 1.91 bits per heavy atom. The molecule has 0 spiro atoms. The summed E-state index contributed by atoms with van der Waals surface area (Å²) in [6.45, 7) is 3.75. The summed E-state index contributed by atoms with van der Waals surface area (Å²) in [7, 11) is 3.07. The quantitative estimate of drug-likeness (QED) is 0.544. The zero-order chi connectivity index (χ0) is 25.0. The Balaban J connectivity index is 1.63. The molecule has 2 aliphatic rings. The van der Waals surface area contributed by atoms with Crippen LogP contribution in [0, 0.1) is 6.92 Å². The number of imide groups is 1. The predicted octanol–water partition coefficient (Wildman–Crippen LogP) is 3.44. The maximum absolute atomic E-state index is 13.8. The molecule has 7 nitrogen and oxygen atoms in total. The molecule has 3 amide bonds. The Hall–Kier alpha value is -3.19. The van der Waals surface area contributed by atoms with E-state index in [0.29, 0.717) is 24.4 Å². The molecule has 35 heavy (non-hydrogen) atoms. The van der Waals surface area contributed by atoms with Crippen molar-refractivity contribution < 1.29 is 23.9 Å². The number of aryl methyl sites for hydroxylation is 1. The van der Waals surface area contributed by atoms with Crippen molar-refractivity contribution in [2.75, 3.05) is 40.5 Å². The molecule has 2 aromatic carbocycles. The topological polar surface area (TPSA) is 76.2 Å². The van der Waals surface area contributed by atoms with Gasteiger partial charge in [-0.25, -0.2) is 0 Å². The molecule has 2 fully saturated rings. The highest BCUT2D eigenvalue weighted by atomic mass is 16.5. The van der Waals surface area contributed by atoms with E-state index in [-0.39, 0.29) is 49.6 Å². The Kier molecular flexibility index (Phi) is 7.55. The van der Waals surface area contributed by atoms with Crippen molar-refractivity contribution in [1.29, 1.82) is 0 Å². The van der Waals surface area contributed by atoms with Gasteiger partial charge < -0.3 is 14.4 Å². The van der Waals surface area contributed by atoms with Crippen molar-refractivity contribution in [3.05, 3.63) is 65.2 Å². The highest BCUT2D eigenvalue weighted by Gasteiger charge is 2.55. The van der Waals surface area contributed by atoms with E-state index < -0.39 is 5.41 Å². The van der Waals surface area contributed by atoms with Crippen molar-refractivity contribution in [2.24, 2.45) is 0 Å². The molecule has 7 heteroatoms. The monoisotopic (exact) mass is 478 g/mol. The average Bonchev–Trinajstić information content (AvgIpc) is 3.11. The molecule has 0 aromatic heterocycles. The SMILES string of the molecule is COCCN1C(=O)C[C@@](CC(=O)N2CCC[C@H](c3cccc(C)c3)C2)(c2ccccc2OC)C1=O. The smallest absolute Gasteiger partial charge is 0.241 e. The van der Waals surface area contributed by atoms with E-state index in [4.69, 9.17) is 9.47 Å². The third-order valence-corrected chi connectivity index (χ3v) is 7.29. The first-order valence-electron chi connectivity index (χ1n) is 12.2. The van der Waals surface area contributed by atoms with Gasteiger partial charge in [0, 0.05) is 44.5 Å². The lowest BCUT2D eigenvalue weighted by Gasteiger charge is -2.36. The molecular weight excluding hydrogens is 444 g/mol. The molecular formula is C28H34N2O5. The number of rotatable bonds is 8. The lowest BCUT2D eigenvalue weighted by molar-refractivity contribution is -0.143. The lowest BCUT2D eigenvalue weighted by Crippen LogP contribution is -2.46. The largest absolute Gasteiger partial charge is 0.496 e. The van der Waals surface area contributed by atoms with Gasteiger partial charge in [0.15, 0.2) is 0 Å². The number of piperidine rings is 1. The zero-order valence-corrected chi connectivity index (χ0v) is 20.8. The van der Waals surface area contributed by atoms with Crippen molar-refractivity contribution in [2.45, 2.75) is 43.9 Å². The highest BCUT2D eigenvalue weighted by Crippen LogP contribution is 2.44. The van der Waals surface area contributed by atoms with Gasteiger partial charge in [-0.15, -0.1) is 0 Å². The van der Waals surface area contributed by atoms with E-state index in [9.17, 15) is 14.4 Å². The van der Waals surface area contributed by atoms with Gasteiger partial charge in [-0.1, -0.05) is 48.0 Å². The molecule has 0 radical (unpaired) electrons. The van der Waals surface area contributed by atoms with Gasteiger partial charge in [0.1, 0.15) is 5.75 Å². The molecule has 0 aliphatic carbocycles. The molecule has 2 atom stereocenters. The van der Waals surface area contributed by atoms with Crippen molar-refractivity contribution >= 4 is 17.7 Å². The second-order valence-corrected chi connectivity index (χ2v) is 9.57. The summed E-state index contributed by atoms with van der Waals surface area (Å²) in [5.41, 5.74) is 1.73. The third kappa shape index (κ3) is 4.96.